The van der Waals surface area contributed by atoms with Gasteiger partial charge in [-0.15, -0.1) is 0 Å². The van der Waals surface area contributed by atoms with Gasteiger partial charge in [0.25, 0.3) is 5.91 Å². The van der Waals surface area contributed by atoms with Crippen LogP contribution in [0.1, 0.15) is 34.1 Å². The predicted molar refractivity (Wildman–Crippen MR) is 102 cm³/mol. The number of hydrogen-bond donors (Lipinski definition) is 1. The van der Waals surface area contributed by atoms with E-state index < -0.39 is 0 Å². The van der Waals surface area contributed by atoms with Gasteiger partial charge in [0, 0.05) is 55.1 Å². The van der Waals surface area contributed by atoms with Gasteiger partial charge in [-0.3, -0.25) is 19.7 Å². The van der Waals surface area contributed by atoms with E-state index in [1.54, 1.807) is 12.4 Å². The van der Waals surface area contributed by atoms with Gasteiger partial charge in [0.15, 0.2) is 0 Å². The highest BCUT2D eigenvalue weighted by Gasteiger charge is 2.25. The molecule has 1 N–H and O–H groups in total. The number of pyridine rings is 2. The van der Waals surface area contributed by atoms with Crippen molar-refractivity contribution in [3.63, 3.8) is 0 Å². The van der Waals surface area contributed by atoms with Crippen molar-refractivity contribution >= 4 is 16.8 Å². The molecule has 0 saturated carbocycles. The minimum Gasteiger partial charge on any atom is -0.348 e. The van der Waals surface area contributed by atoms with E-state index >= 15 is 0 Å². The summed E-state index contributed by atoms with van der Waals surface area (Å²) < 4.78 is 0. The van der Waals surface area contributed by atoms with E-state index in [0.717, 1.165) is 59.3 Å². The zero-order valence-corrected chi connectivity index (χ0v) is 14.9. The van der Waals surface area contributed by atoms with Crippen LogP contribution in [0.3, 0.4) is 0 Å². The van der Waals surface area contributed by atoms with E-state index in [2.05, 4.69) is 22.1 Å². The van der Waals surface area contributed by atoms with Crippen LogP contribution in [-0.2, 0) is 19.5 Å². The second-order valence-corrected chi connectivity index (χ2v) is 6.59. The maximum absolute atomic E-state index is 13.1. The number of carbonyl (C=O) groups excluding carboxylic acids is 1. The summed E-state index contributed by atoms with van der Waals surface area (Å²) in [6, 6.07) is 11.8. The highest BCUT2D eigenvalue weighted by Crippen LogP contribution is 2.28. The van der Waals surface area contributed by atoms with Crippen LogP contribution in [0.15, 0.2) is 48.8 Å². The highest BCUT2D eigenvalue weighted by atomic mass is 16.1. The third-order valence-corrected chi connectivity index (χ3v) is 4.98. The summed E-state index contributed by atoms with van der Waals surface area (Å²) in [5.41, 5.74) is 4.78. The topological polar surface area (TPSA) is 58.1 Å². The number of benzene rings is 1. The SMILES string of the molecule is CCN1CCc2nc3ccccc3c(C(=O)NCc3cccnc3)c2C1. The van der Waals surface area contributed by atoms with Crippen LogP contribution >= 0.6 is 0 Å². The van der Waals surface area contributed by atoms with Crippen molar-refractivity contribution in [2.75, 3.05) is 13.1 Å². The summed E-state index contributed by atoms with van der Waals surface area (Å²) in [5.74, 6) is -0.0401. The second kappa shape index (κ2) is 7.22. The van der Waals surface area contributed by atoms with Crippen molar-refractivity contribution in [1.82, 2.24) is 20.2 Å². The van der Waals surface area contributed by atoms with Gasteiger partial charge >= 0.3 is 0 Å². The number of fused-ring (bicyclic) bond motifs is 2. The quantitative estimate of drug-likeness (QED) is 0.789. The molecule has 0 bridgehead atoms. The molecule has 0 atom stereocenters. The average Bonchev–Trinajstić information content (AvgIpc) is 2.70. The number of amides is 1. The lowest BCUT2D eigenvalue weighted by Crippen LogP contribution is -2.34. The molecule has 5 heteroatoms. The summed E-state index contributed by atoms with van der Waals surface area (Å²) in [7, 11) is 0. The summed E-state index contributed by atoms with van der Waals surface area (Å²) in [6.45, 7) is 5.37. The summed E-state index contributed by atoms with van der Waals surface area (Å²) >= 11 is 0. The Morgan fingerprint density at radius 1 is 1.23 bits per heavy atom. The summed E-state index contributed by atoms with van der Waals surface area (Å²) in [5, 5.41) is 3.99. The second-order valence-electron chi connectivity index (χ2n) is 6.59. The van der Waals surface area contributed by atoms with Crippen LogP contribution in [0.2, 0.25) is 0 Å². The Bertz CT molecular complexity index is 939. The zero-order chi connectivity index (χ0) is 17.9. The van der Waals surface area contributed by atoms with Crippen molar-refractivity contribution < 1.29 is 4.79 Å². The first-order valence-electron chi connectivity index (χ1n) is 9.06. The van der Waals surface area contributed by atoms with Gasteiger partial charge in [-0.2, -0.15) is 0 Å². The first-order chi connectivity index (χ1) is 12.8. The van der Waals surface area contributed by atoms with Crippen molar-refractivity contribution in [1.29, 1.82) is 0 Å². The Kier molecular flexibility index (Phi) is 4.63. The number of para-hydroxylation sites is 1. The molecule has 1 aromatic carbocycles. The van der Waals surface area contributed by atoms with E-state index in [9.17, 15) is 4.79 Å². The molecular formula is C21H22N4O. The van der Waals surface area contributed by atoms with Gasteiger partial charge in [0.1, 0.15) is 0 Å². The molecule has 2 aromatic heterocycles. The molecule has 1 aliphatic rings. The standard InChI is InChI=1S/C21H22N4O/c1-2-25-11-9-19-17(14-25)20(16-7-3-4-8-18(16)24-19)21(26)23-13-15-6-5-10-22-12-15/h3-8,10,12H,2,9,11,13-14H2,1H3,(H,23,26). The van der Waals surface area contributed by atoms with Crippen LogP contribution in [0.25, 0.3) is 10.9 Å². The van der Waals surface area contributed by atoms with E-state index in [4.69, 9.17) is 4.98 Å². The van der Waals surface area contributed by atoms with Crippen LogP contribution in [-0.4, -0.2) is 33.9 Å². The lowest BCUT2D eigenvalue weighted by atomic mass is 9.95. The molecule has 0 aliphatic carbocycles. The maximum atomic E-state index is 13.1. The summed E-state index contributed by atoms with van der Waals surface area (Å²) in [6.07, 6.45) is 4.40. The fourth-order valence-electron chi connectivity index (χ4n) is 3.55. The third kappa shape index (κ3) is 3.18. The van der Waals surface area contributed by atoms with Gasteiger partial charge in [-0.05, 0) is 24.2 Å². The summed E-state index contributed by atoms with van der Waals surface area (Å²) in [4.78, 5) is 24.4. The Hall–Kier alpha value is -2.79. The van der Waals surface area contributed by atoms with Gasteiger partial charge < -0.3 is 5.32 Å². The van der Waals surface area contributed by atoms with E-state index in [1.807, 2.05) is 36.4 Å². The molecule has 3 heterocycles. The van der Waals surface area contributed by atoms with Gasteiger partial charge in [-0.25, -0.2) is 0 Å². The number of rotatable bonds is 4. The monoisotopic (exact) mass is 346 g/mol. The molecular weight excluding hydrogens is 324 g/mol. The van der Waals surface area contributed by atoms with Crippen molar-refractivity contribution in [3.05, 3.63) is 71.2 Å². The Morgan fingerprint density at radius 3 is 2.92 bits per heavy atom. The molecule has 0 unspecified atom stereocenters. The predicted octanol–water partition coefficient (Wildman–Crippen LogP) is 2.94. The largest absolute Gasteiger partial charge is 0.348 e. The highest BCUT2D eigenvalue weighted by molar-refractivity contribution is 6.07. The van der Waals surface area contributed by atoms with Crippen molar-refractivity contribution in [3.8, 4) is 0 Å². The average molecular weight is 346 g/mol. The fourth-order valence-corrected chi connectivity index (χ4v) is 3.55. The Balaban J connectivity index is 1.73. The lowest BCUT2D eigenvalue weighted by molar-refractivity contribution is 0.0949. The number of aromatic nitrogens is 2. The molecule has 3 aromatic rings. The van der Waals surface area contributed by atoms with Crippen LogP contribution < -0.4 is 5.32 Å². The van der Waals surface area contributed by atoms with E-state index in [-0.39, 0.29) is 5.91 Å². The molecule has 26 heavy (non-hydrogen) atoms. The smallest absolute Gasteiger partial charge is 0.252 e. The number of nitrogens with zero attached hydrogens (tertiary/aromatic N) is 3. The van der Waals surface area contributed by atoms with Crippen LogP contribution in [0, 0.1) is 0 Å². The Labute approximate surface area is 153 Å². The van der Waals surface area contributed by atoms with Crippen LogP contribution in [0.4, 0.5) is 0 Å². The van der Waals surface area contributed by atoms with Crippen LogP contribution in [0.5, 0.6) is 0 Å². The fraction of sp³-hybridized carbons (Fsp3) is 0.286. The van der Waals surface area contributed by atoms with Gasteiger partial charge in [-0.1, -0.05) is 31.2 Å². The van der Waals surface area contributed by atoms with E-state index in [0.29, 0.717) is 6.54 Å². The molecule has 1 aliphatic heterocycles. The molecule has 0 spiro atoms. The molecule has 4 rings (SSSR count). The van der Waals surface area contributed by atoms with Crippen molar-refractivity contribution in [2.24, 2.45) is 0 Å². The van der Waals surface area contributed by atoms with Gasteiger partial charge in [0.2, 0.25) is 0 Å². The maximum Gasteiger partial charge on any atom is 0.252 e. The molecule has 0 saturated heterocycles. The third-order valence-electron chi connectivity index (χ3n) is 4.98. The number of carbonyl (C=O) groups is 1. The minimum atomic E-state index is -0.0401. The number of likely N-dealkylation sites (N-methyl/N-ethyl adjacent to an activating group) is 1. The first kappa shape index (κ1) is 16.7. The zero-order valence-electron chi connectivity index (χ0n) is 14.9. The molecule has 0 fully saturated rings. The lowest BCUT2D eigenvalue weighted by Gasteiger charge is -2.29. The first-order valence-corrected chi connectivity index (χ1v) is 9.06. The van der Waals surface area contributed by atoms with Gasteiger partial charge in [0.05, 0.1) is 11.1 Å². The molecule has 132 valence electrons. The van der Waals surface area contributed by atoms with Crippen molar-refractivity contribution in [2.45, 2.75) is 26.4 Å². The normalized spacial score (nSPS) is 14.2. The molecule has 0 radical (unpaired) electrons. The molecule has 1 amide bonds. The number of nitrogens with one attached hydrogen (secondary N) is 1. The van der Waals surface area contributed by atoms with E-state index in [1.165, 1.54) is 0 Å². The number of hydrogen-bond acceptors (Lipinski definition) is 4. The minimum absolute atomic E-state index is 0.0401. The Morgan fingerprint density at radius 2 is 2.12 bits per heavy atom. The molecule has 5 nitrogen and oxygen atoms in total.